The molecule has 10 heteroatoms. The summed E-state index contributed by atoms with van der Waals surface area (Å²) in [6.45, 7) is 3.82. The van der Waals surface area contributed by atoms with E-state index in [-0.39, 0.29) is 25.7 Å². The van der Waals surface area contributed by atoms with E-state index in [1.807, 2.05) is 0 Å². The number of cyclic esters (lactones) is 1. The molecule has 2 rings (SSSR count). The second kappa shape index (κ2) is 10.7. The third-order valence-electron chi connectivity index (χ3n) is 4.15. The van der Waals surface area contributed by atoms with E-state index in [2.05, 4.69) is 0 Å². The van der Waals surface area contributed by atoms with E-state index in [0.29, 0.717) is 24.6 Å². The van der Waals surface area contributed by atoms with Crippen LogP contribution < -0.4 is 9.64 Å². The van der Waals surface area contributed by atoms with E-state index in [9.17, 15) is 18.0 Å². The Labute approximate surface area is 167 Å². The van der Waals surface area contributed by atoms with Crippen LogP contribution in [0, 0.1) is 0 Å². The minimum atomic E-state index is -4.52. The second-order valence-corrected chi connectivity index (χ2v) is 6.39. The SMILES string of the molecule is CCOC(C)OC(CCOc1ccc(N2CC(COC)OC2=O)cc1)C(F)(F)F. The van der Waals surface area contributed by atoms with Gasteiger partial charge >= 0.3 is 12.3 Å². The van der Waals surface area contributed by atoms with Crippen molar-refractivity contribution in [3.05, 3.63) is 24.3 Å². The van der Waals surface area contributed by atoms with Crippen LogP contribution in [0.25, 0.3) is 0 Å². The minimum Gasteiger partial charge on any atom is -0.493 e. The molecule has 1 aliphatic heterocycles. The maximum Gasteiger partial charge on any atom is 0.414 e. The van der Waals surface area contributed by atoms with Gasteiger partial charge in [-0.3, -0.25) is 4.90 Å². The molecule has 29 heavy (non-hydrogen) atoms. The van der Waals surface area contributed by atoms with Crippen LogP contribution in [-0.2, 0) is 18.9 Å². The van der Waals surface area contributed by atoms with Gasteiger partial charge in [-0.1, -0.05) is 0 Å². The molecule has 1 fully saturated rings. The summed E-state index contributed by atoms with van der Waals surface area (Å²) in [7, 11) is 1.52. The Kier molecular flexibility index (Phi) is 8.54. The van der Waals surface area contributed by atoms with Gasteiger partial charge in [-0.2, -0.15) is 13.2 Å². The summed E-state index contributed by atoms with van der Waals surface area (Å²) in [5, 5.41) is 0. The van der Waals surface area contributed by atoms with Gasteiger partial charge < -0.3 is 23.7 Å². The highest BCUT2D eigenvalue weighted by atomic mass is 19.4. The van der Waals surface area contributed by atoms with E-state index in [0.717, 1.165) is 0 Å². The highest BCUT2D eigenvalue weighted by molar-refractivity contribution is 5.89. The third-order valence-corrected chi connectivity index (χ3v) is 4.15. The molecule has 3 unspecified atom stereocenters. The number of ether oxygens (including phenoxy) is 5. The van der Waals surface area contributed by atoms with Crippen LogP contribution in [0.4, 0.5) is 23.7 Å². The molecule has 1 saturated heterocycles. The van der Waals surface area contributed by atoms with Crippen LogP contribution in [-0.4, -0.2) is 64.2 Å². The van der Waals surface area contributed by atoms with Crippen LogP contribution in [0.5, 0.6) is 5.75 Å². The lowest BCUT2D eigenvalue weighted by Crippen LogP contribution is -2.36. The summed E-state index contributed by atoms with van der Waals surface area (Å²) < 4.78 is 64.8. The highest BCUT2D eigenvalue weighted by Crippen LogP contribution is 2.28. The first-order valence-electron chi connectivity index (χ1n) is 9.28. The second-order valence-electron chi connectivity index (χ2n) is 6.39. The van der Waals surface area contributed by atoms with Crippen molar-refractivity contribution in [1.29, 1.82) is 0 Å². The summed E-state index contributed by atoms with van der Waals surface area (Å²) in [6.07, 6.45) is -8.67. The molecule has 0 saturated carbocycles. The molecule has 7 nitrogen and oxygen atoms in total. The maximum absolute atomic E-state index is 13.1. The van der Waals surface area contributed by atoms with Gasteiger partial charge in [0.25, 0.3) is 0 Å². The van der Waals surface area contributed by atoms with Crippen LogP contribution in [0.1, 0.15) is 20.3 Å². The zero-order valence-electron chi connectivity index (χ0n) is 16.6. The lowest BCUT2D eigenvalue weighted by atomic mass is 10.2. The van der Waals surface area contributed by atoms with Crippen LogP contribution in [0.15, 0.2) is 24.3 Å². The zero-order valence-corrected chi connectivity index (χ0v) is 16.6. The Morgan fingerprint density at radius 3 is 2.55 bits per heavy atom. The van der Waals surface area contributed by atoms with E-state index in [4.69, 9.17) is 23.7 Å². The summed E-state index contributed by atoms with van der Waals surface area (Å²) in [5.41, 5.74) is 0.600. The fourth-order valence-electron chi connectivity index (χ4n) is 2.83. The van der Waals surface area contributed by atoms with Gasteiger partial charge in [0.05, 0.1) is 19.8 Å². The van der Waals surface area contributed by atoms with Crippen molar-refractivity contribution in [3.8, 4) is 5.75 Å². The Morgan fingerprint density at radius 1 is 1.28 bits per heavy atom. The summed E-state index contributed by atoms with van der Waals surface area (Å²) in [6, 6.07) is 6.44. The lowest BCUT2D eigenvalue weighted by Gasteiger charge is -2.24. The molecular weight excluding hydrogens is 395 g/mol. The lowest BCUT2D eigenvalue weighted by molar-refractivity contribution is -0.269. The molecule has 3 atom stereocenters. The molecule has 0 spiro atoms. The molecule has 164 valence electrons. The molecule has 0 aliphatic carbocycles. The monoisotopic (exact) mass is 421 g/mol. The van der Waals surface area contributed by atoms with Gasteiger partial charge in [-0.25, -0.2) is 4.79 Å². The van der Waals surface area contributed by atoms with E-state index in [1.54, 1.807) is 31.2 Å². The van der Waals surface area contributed by atoms with Gasteiger partial charge in [0.1, 0.15) is 11.9 Å². The number of halogens is 3. The fourth-order valence-corrected chi connectivity index (χ4v) is 2.83. The topological polar surface area (TPSA) is 66.5 Å². The Bertz CT molecular complexity index is 640. The minimum absolute atomic E-state index is 0.190. The van der Waals surface area contributed by atoms with Gasteiger partial charge in [0.2, 0.25) is 0 Å². The van der Waals surface area contributed by atoms with E-state index in [1.165, 1.54) is 18.9 Å². The van der Waals surface area contributed by atoms with Gasteiger partial charge in [0, 0.05) is 25.8 Å². The number of hydrogen-bond donors (Lipinski definition) is 0. The number of nitrogens with zero attached hydrogens (tertiary/aromatic N) is 1. The standard InChI is InChI=1S/C19H26F3NO6/c1-4-26-13(2)28-17(19(20,21)22)9-10-27-15-7-5-14(6-8-15)23-11-16(12-25-3)29-18(23)24/h5-8,13,16-17H,4,9-12H2,1-3H3. The molecule has 1 amide bonds. The van der Waals surface area contributed by atoms with Crippen molar-refractivity contribution in [2.75, 3.05) is 38.4 Å². The number of carbonyl (C=O) groups is 1. The quantitative estimate of drug-likeness (QED) is 0.507. The molecule has 0 radical (unpaired) electrons. The van der Waals surface area contributed by atoms with Gasteiger partial charge in [0.15, 0.2) is 12.4 Å². The normalized spacial score (nSPS) is 19.2. The van der Waals surface area contributed by atoms with Crippen molar-refractivity contribution in [2.45, 2.75) is 44.9 Å². The highest BCUT2D eigenvalue weighted by Gasteiger charge is 2.41. The molecule has 0 N–H and O–H groups in total. The number of alkyl halides is 3. The average molecular weight is 421 g/mol. The number of amides is 1. The molecular formula is C19H26F3NO6. The number of hydrogen-bond acceptors (Lipinski definition) is 6. The van der Waals surface area contributed by atoms with Crippen LogP contribution >= 0.6 is 0 Å². The number of carbonyl (C=O) groups excluding carboxylic acids is 1. The first kappa shape index (κ1) is 23.2. The predicted octanol–water partition coefficient (Wildman–Crippen LogP) is 3.76. The molecule has 0 aromatic heterocycles. The van der Waals surface area contributed by atoms with Crippen molar-refractivity contribution in [1.82, 2.24) is 0 Å². The number of methoxy groups -OCH3 is 1. The number of rotatable bonds is 11. The predicted molar refractivity (Wildman–Crippen MR) is 98.1 cm³/mol. The molecule has 1 aromatic carbocycles. The van der Waals surface area contributed by atoms with Gasteiger partial charge in [-0.15, -0.1) is 0 Å². The Balaban J connectivity index is 1.87. The molecule has 0 bridgehead atoms. The third kappa shape index (κ3) is 7.06. The molecule has 1 heterocycles. The van der Waals surface area contributed by atoms with Gasteiger partial charge in [-0.05, 0) is 38.1 Å². The van der Waals surface area contributed by atoms with Crippen LogP contribution in [0.3, 0.4) is 0 Å². The van der Waals surface area contributed by atoms with Crippen LogP contribution in [0.2, 0.25) is 0 Å². The largest absolute Gasteiger partial charge is 0.493 e. The maximum atomic E-state index is 13.1. The first-order valence-corrected chi connectivity index (χ1v) is 9.28. The summed E-state index contributed by atoms with van der Waals surface area (Å²) in [4.78, 5) is 13.4. The fraction of sp³-hybridized carbons (Fsp3) is 0.632. The van der Waals surface area contributed by atoms with Crippen molar-refractivity contribution in [3.63, 3.8) is 0 Å². The number of anilines is 1. The Hall–Kier alpha value is -2.04. The summed E-state index contributed by atoms with van der Waals surface area (Å²) in [5.74, 6) is 0.383. The first-order chi connectivity index (χ1) is 13.7. The van der Waals surface area contributed by atoms with E-state index >= 15 is 0 Å². The zero-order chi connectivity index (χ0) is 21.4. The smallest absolute Gasteiger partial charge is 0.414 e. The van der Waals surface area contributed by atoms with Crippen molar-refractivity contribution >= 4 is 11.8 Å². The van der Waals surface area contributed by atoms with E-state index < -0.39 is 24.7 Å². The average Bonchev–Trinajstić information content (AvgIpc) is 3.01. The molecule has 1 aromatic rings. The Morgan fingerprint density at radius 2 is 1.97 bits per heavy atom. The van der Waals surface area contributed by atoms with Crippen molar-refractivity contribution in [2.24, 2.45) is 0 Å². The van der Waals surface area contributed by atoms with Crippen molar-refractivity contribution < 1.29 is 41.7 Å². The molecule has 1 aliphatic rings. The summed E-state index contributed by atoms with van der Waals surface area (Å²) >= 11 is 0. The number of benzene rings is 1.